The first-order chi connectivity index (χ1) is 8.45. The third-order valence-corrected chi connectivity index (χ3v) is 3.65. The number of piperidine rings is 1. The quantitative estimate of drug-likeness (QED) is 0.706. The average molecular weight is 243 g/mol. The molecule has 0 unspecified atom stereocenters. The lowest BCUT2D eigenvalue weighted by atomic mass is 9.86. The fourth-order valence-electron chi connectivity index (χ4n) is 2.56. The number of benzene rings is 1. The molecule has 1 nitrogen and oxygen atoms in total. The van der Waals surface area contributed by atoms with Crippen LogP contribution in [0.5, 0.6) is 0 Å². The van der Waals surface area contributed by atoms with E-state index in [4.69, 9.17) is 0 Å². The van der Waals surface area contributed by atoms with Crippen LogP contribution in [-0.4, -0.2) is 18.0 Å². The van der Waals surface area contributed by atoms with Crippen molar-refractivity contribution in [2.24, 2.45) is 0 Å². The van der Waals surface area contributed by atoms with Crippen LogP contribution in [0.25, 0.3) is 0 Å². The Morgan fingerprint density at radius 3 is 2.72 bits per heavy atom. The Bertz CT molecular complexity index is 425. The highest BCUT2D eigenvalue weighted by Crippen LogP contribution is 2.24. The summed E-state index contributed by atoms with van der Waals surface area (Å²) in [5.41, 5.74) is 4.47. The van der Waals surface area contributed by atoms with Gasteiger partial charge in [-0.15, -0.1) is 0 Å². The molecule has 0 aliphatic carbocycles. The van der Waals surface area contributed by atoms with Crippen LogP contribution < -0.4 is 0 Å². The van der Waals surface area contributed by atoms with Crippen LogP contribution in [0.1, 0.15) is 44.7 Å². The van der Waals surface area contributed by atoms with Crippen molar-refractivity contribution < 1.29 is 0 Å². The molecule has 18 heavy (non-hydrogen) atoms. The van der Waals surface area contributed by atoms with Crippen LogP contribution in [0.3, 0.4) is 0 Å². The van der Waals surface area contributed by atoms with Crippen LogP contribution in [0.15, 0.2) is 36.4 Å². The highest BCUT2D eigenvalue weighted by atomic mass is 15.1. The van der Waals surface area contributed by atoms with Gasteiger partial charge in [-0.1, -0.05) is 57.2 Å². The summed E-state index contributed by atoms with van der Waals surface area (Å²) in [7, 11) is 0. The molecule has 1 aromatic rings. The summed E-state index contributed by atoms with van der Waals surface area (Å²) in [4.78, 5) is 2.51. The van der Waals surface area contributed by atoms with Crippen molar-refractivity contribution in [3.8, 4) is 0 Å². The van der Waals surface area contributed by atoms with Gasteiger partial charge in [0.2, 0.25) is 0 Å². The Hall–Kier alpha value is -1.08. The summed E-state index contributed by atoms with van der Waals surface area (Å²) >= 11 is 0. The van der Waals surface area contributed by atoms with Crippen molar-refractivity contribution in [1.29, 1.82) is 0 Å². The van der Waals surface area contributed by atoms with Crippen LogP contribution in [-0.2, 0) is 12.0 Å². The van der Waals surface area contributed by atoms with E-state index in [0.29, 0.717) is 0 Å². The van der Waals surface area contributed by atoms with E-state index in [1.807, 2.05) is 0 Å². The molecule has 0 atom stereocenters. The van der Waals surface area contributed by atoms with Crippen molar-refractivity contribution in [2.75, 3.05) is 13.1 Å². The normalized spacial score (nSPS) is 18.1. The van der Waals surface area contributed by atoms with Gasteiger partial charge in [0.05, 0.1) is 0 Å². The number of nitrogens with zero attached hydrogens (tertiary/aromatic N) is 1. The molecule has 1 heterocycles. The van der Waals surface area contributed by atoms with Gasteiger partial charge in [0.1, 0.15) is 0 Å². The molecule has 0 N–H and O–H groups in total. The lowest BCUT2D eigenvalue weighted by molar-refractivity contribution is 0.258. The Morgan fingerprint density at radius 2 is 2.06 bits per heavy atom. The second-order valence-electron chi connectivity index (χ2n) is 6.51. The number of likely N-dealkylation sites (tertiary alicyclic amines) is 1. The third-order valence-electron chi connectivity index (χ3n) is 3.65. The monoisotopic (exact) mass is 243 g/mol. The van der Waals surface area contributed by atoms with Crippen LogP contribution in [0.4, 0.5) is 0 Å². The fourth-order valence-corrected chi connectivity index (χ4v) is 2.56. The van der Waals surface area contributed by atoms with E-state index in [1.54, 1.807) is 0 Å². The van der Waals surface area contributed by atoms with Crippen molar-refractivity contribution in [3.63, 3.8) is 0 Å². The highest BCUT2D eigenvalue weighted by molar-refractivity contribution is 5.28. The summed E-state index contributed by atoms with van der Waals surface area (Å²) in [6.07, 6.45) is 2.47. The largest absolute Gasteiger partial charge is 0.295 e. The number of hydrogen-bond donors (Lipinski definition) is 0. The lowest BCUT2D eigenvalue weighted by Gasteiger charge is -2.28. The third kappa shape index (κ3) is 3.46. The van der Waals surface area contributed by atoms with Gasteiger partial charge in [-0.2, -0.15) is 0 Å². The van der Waals surface area contributed by atoms with Crippen molar-refractivity contribution >= 4 is 0 Å². The highest BCUT2D eigenvalue weighted by Gasteiger charge is 2.16. The zero-order valence-electron chi connectivity index (χ0n) is 12.0. The first kappa shape index (κ1) is 13.4. The zero-order chi connectivity index (χ0) is 13.2. The SMILES string of the molecule is C=C1CCCN(Cc2cccc(C(C)(C)C)c2)C1. The smallest absolute Gasteiger partial charge is 0.0237 e. The van der Waals surface area contributed by atoms with Crippen LogP contribution in [0, 0.1) is 0 Å². The topological polar surface area (TPSA) is 3.24 Å². The maximum atomic E-state index is 4.12. The summed E-state index contributed by atoms with van der Waals surface area (Å²) in [6, 6.07) is 9.03. The molecule has 1 aromatic carbocycles. The van der Waals surface area contributed by atoms with Gasteiger partial charge in [-0.3, -0.25) is 4.90 Å². The van der Waals surface area contributed by atoms with Crippen molar-refractivity contribution in [1.82, 2.24) is 4.90 Å². The molecule has 1 heteroatoms. The molecule has 1 fully saturated rings. The van der Waals surface area contributed by atoms with Crippen LogP contribution >= 0.6 is 0 Å². The summed E-state index contributed by atoms with van der Waals surface area (Å²) in [5, 5.41) is 0. The van der Waals surface area contributed by atoms with Gasteiger partial charge in [-0.25, -0.2) is 0 Å². The second kappa shape index (κ2) is 5.27. The van der Waals surface area contributed by atoms with E-state index in [2.05, 4.69) is 56.5 Å². The van der Waals surface area contributed by atoms with Crippen LogP contribution in [0.2, 0.25) is 0 Å². The van der Waals surface area contributed by atoms with Crippen molar-refractivity contribution in [3.05, 3.63) is 47.5 Å². The first-order valence-electron chi connectivity index (χ1n) is 6.93. The minimum absolute atomic E-state index is 0.238. The molecule has 0 amide bonds. The van der Waals surface area contributed by atoms with E-state index >= 15 is 0 Å². The van der Waals surface area contributed by atoms with Gasteiger partial charge >= 0.3 is 0 Å². The minimum atomic E-state index is 0.238. The predicted molar refractivity (Wildman–Crippen MR) is 78.8 cm³/mol. The molecule has 0 aromatic heterocycles. The fraction of sp³-hybridized carbons (Fsp3) is 0.529. The van der Waals surface area contributed by atoms with E-state index in [-0.39, 0.29) is 5.41 Å². The van der Waals surface area contributed by atoms with E-state index in [0.717, 1.165) is 13.1 Å². The van der Waals surface area contributed by atoms with Gasteiger partial charge in [0.15, 0.2) is 0 Å². The molecule has 0 radical (unpaired) electrons. The first-order valence-corrected chi connectivity index (χ1v) is 6.93. The molecule has 2 rings (SSSR count). The zero-order valence-corrected chi connectivity index (χ0v) is 12.0. The Kier molecular flexibility index (Phi) is 3.91. The maximum Gasteiger partial charge on any atom is 0.0237 e. The Morgan fingerprint density at radius 1 is 1.28 bits per heavy atom. The molecular formula is C17H25N. The summed E-state index contributed by atoms with van der Waals surface area (Å²) < 4.78 is 0. The lowest BCUT2D eigenvalue weighted by Crippen LogP contribution is -2.30. The Labute approximate surface area is 112 Å². The maximum absolute atomic E-state index is 4.12. The molecule has 1 aliphatic rings. The average Bonchev–Trinajstić information content (AvgIpc) is 2.28. The molecular weight excluding hydrogens is 218 g/mol. The number of rotatable bonds is 2. The molecule has 98 valence electrons. The van der Waals surface area contributed by atoms with Gasteiger partial charge < -0.3 is 0 Å². The van der Waals surface area contributed by atoms with E-state index in [1.165, 1.54) is 36.1 Å². The standard InChI is InChI=1S/C17H25N/c1-14-7-6-10-18(12-14)13-15-8-5-9-16(11-15)17(2,3)4/h5,8-9,11H,1,6-7,10,12-13H2,2-4H3. The van der Waals surface area contributed by atoms with Gasteiger partial charge in [-0.05, 0) is 35.9 Å². The minimum Gasteiger partial charge on any atom is -0.295 e. The predicted octanol–water partition coefficient (Wildman–Crippen LogP) is 4.14. The Balaban J connectivity index is 2.07. The number of hydrogen-bond acceptors (Lipinski definition) is 1. The summed E-state index contributed by atoms with van der Waals surface area (Å²) in [6.45, 7) is 14.3. The summed E-state index contributed by atoms with van der Waals surface area (Å²) in [5.74, 6) is 0. The van der Waals surface area contributed by atoms with E-state index in [9.17, 15) is 0 Å². The molecule has 0 spiro atoms. The molecule has 0 bridgehead atoms. The second-order valence-corrected chi connectivity index (χ2v) is 6.51. The van der Waals surface area contributed by atoms with Crippen molar-refractivity contribution in [2.45, 2.75) is 45.6 Å². The van der Waals surface area contributed by atoms with E-state index < -0.39 is 0 Å². The van der Waals surface area contributed by atoms with Gasteiger partial charge in [0, 0.05) is 13.1 Å². The van der Waals surface area contributed by atoms with Gasteiger partial charge in [0.25, 0.3) is 0 Å². The molecule has 0 saturated carbocycles. The molecule has 1 saturated heterocycles. The molecule has 1 aliphatic heterocycles.